The zero-order chi connectivity index (χ0) is 17.5. The first-order valence-electron chi connectivity index (χ1n) is 8.22. The van der Waals surface area contributed by atoms with Crippen LogP contribution >= 0.6 is 11.6 Å². The number of carbonyl (C=O) groups excluding carboxylic acids is 1. The summed E-state index contributed by atoms with van der Waals surface area (Å²) in [6.07, 6.45) is 2.19. The van der Waals surface area contributed by atoms with E-state index in [2.05, 4.69) is 5.32 Å². The molecule has 1 aliphatic rings. The maximum absolute atomic E-state index is 12.1. The predicted octanol–water partition coefficient (Wildman–Crippen LogP) is 3.92. The number of halogens is 1. The second-order valence-corrected chi connectivity index (χ2v) is 6.17. The second-order valence-electron chi connectivity index (χ2n) is 5.73. The van der Waals surface area contributed by atoms with Gasteiger partial charge >= 0.3 is 0 Å². The Balaban J connectivity index is 1.52. The Bertz CT molecular complexity index is 699. The Morgan fingerprint density at radius 2 is 1.96 bits per heavy atom. The van der Waals surface area contributed by atoms with E-state index in [-0.39, 0.29) is 18.6 Å². The van der Waals surface area contributed by atoms with Crippen LogP contribution in [-0.4, -0.2) is 31.8 Å². The van der Waals surface area contributed by atoms with Crippen LogP contribution in [0, 0.1) is 0 Å². The minimum atomic E-state index is -0.261. The predicted molar refractivity (Wildman–Crippen MR) is 96.5 cm³/mol. The van der Waals surface area contributed by atoms with Crippen molar-refractivity contribution in [3.63, 3.8) is 0 Å². The molecule has 0 radical (unpaired) electrons. The van der Waals surface area contributed by atoms with E-state index in [0.717, 1.165) is 19.4 Å². The fraction of sp³-hybridized carbons (Fsp3) is 0.316. The Kier molecular flexibility index (Phi) is 6.14. The second kappa shape index (κ2) is 8.74. The smallest absolute Gasteiger partial charge is 0.262 e. The molecule has 5 nitrogen and oxygen atoms in total. The van der Waals surface area contributed by atoms with E-state index in [1.807, 2.05) is 18.2 Å². The molecule has 1 aliphatic heterocycles. The lowest BCUT2D eigenvalue weighted by atomic mass is 10.2. The summed E-state index contributed by atoms with van der Waals surface area (Å²) in [4.78, 5) is 12.1. The summed E-state index contributed by atoms with van der Waals surface area (Å²) in [5.41, 5.74) is 0.616. The molecular formula is C19H20ClNO4. The molecule has 2 aromatic carbocycles. The van der Waals surface area contributed by atoms with Crippen LogP contribution in [0.25, 0.3) is 0 Å². The maximum atomic E-state index is 12.1. The normalized spacial score (nSPS) is 16.4. The minimum absolute atomic E-state index is 0.0955. The van der Waals surface area contributed by atoms with E-state index in [1.54, 1.807) is 30.3 Å². The Morgan fingerprint density at radius 1 is 1.16 bits per heavy atom. The SMILES string of the molecule is O=C(COc1ccc(Cl)cc1)Nc1ccccc1OC[C@H]1CCCO1. The van der Waals surface area contributed by atoms with E-state index in [0.29, 0.717) is 28.8 Å². The molecule has 132 valence electrons. The minimum Gasteiger partial charge on any atom is -0.489 e. The number of anilines is 1. The molecule has 3 rings (SSSR count). The van der Waals surface area contributed by atoms with Crippen LogP contribution in [0.2, 0.25) is 5.02 Å². The summed E-state index contributed by atoms with van der Waals surface area (Å²) in [5.74, 6) is 0.948. The highest BCUT2D eigenvalue weighted by atomic mass is 35.5. The topological polar surface area (TPSA) is 56.8 Å². The fourth-order valence-electron chi connectivity index (χ4n) is 2.52. The van der Waals surface area contributed by atoms with Gasteiger partial charge in [0.2, 0.25) is 0 Å². The van der Waals surface area contributed by atoms with E-state index in [1.165, 1.54) is 0 Å². The molecule has 0 bridgehead atoms. The highest BCUT2D eigenvalue weighted by Crippen LogP contribution is 2.25. The van der Waals surface area contributed by atoms with Crippen LogP contribution in [0.4, 0.5) is 5.69 Å². The number of hydrogen-bond donors (Lipinski definition) is 1. The van der Waals surface area contributed by atoms with Crippen LogP contribution in [0.1, 0.15) is 12.8 Å². The first kappa shape index (κ1) is 17.6. The number of amides is 1. The van der Waals surface area contributed by atoms with Crippen molar-refractivity contribution in [1.82, 2.24) is 0 Å². The molecule has 1 heterocycles. The van der Waals surface area contributed by atoms with Crippen molar-refractivity contribution >= 4 is 23.2 Å². The number of para-hydroxylation sites is 2. The molecule has 1 atom stereocenters. The first-order valence-corrected chi connectivity index (χ1v) is 8.60. The molecule has 1 N–H and O–H groups in total. The quantitative estimate of drug-likeness (QED) is 0.812. The molecule has 0 aromatic heterocycles. The van der Waals surface area contributed by atoms with Gasteiger partial charge in [-0.3, -0.25) is 4.79 Å². The van der Waals surface area contributed by atoms with Gasteiger partial charge in [-0.15, -0.1) is 0 Å². The molecule has 0 aliphatic carbocycles. The summed E-state index contributed by atoms with van der Waals surface area (Å²) in [6.45, 7) is 1.17. The Labute approximate surface area is 151 Å². The summed E-state index contributed by atoms with van der Waals surface area (Å²) in [7, 11) is 0. The first-order chi connectivity index (χ1) is 12.2. The molecular weight excluding hydrogens is 342 g/mol. The van der Waals surface area contributed by atoms with Crippen LogP contribution in [0.15, 0.2) is 48.5 Å². The zero-order valence-corrected chi connectivity index (χ0v) is 14.5. The molecule has 0 unspecified atom stereocenters. The van der Waals surface area contributed by atoms with Crippen molar-refractivity contribution in [3.05, 3.63) is 53.6 Å². The maximum Gasteiger partial charge on any atom is 0.262 e. The van der Waals surface area contributed by atoms with Gasteiger partial charge in [0.1, 0.15) is 18.1 Å². The number of benzene rings is 2. The van der Waals surface area contributed by atoms with Gasteiger partial charge in [-0.2, -0.15) is 0 Å². The third-order valence-corrected chi connectivity index (χ3v) is 4.05. The van der Waals surface area contributed by atoms with Gasteiger partial charge in [0.25, 0.3) is 5.91 Å². The molecule has 0 saturated carbocycles. The van der Waals surface area contributed by atoms with Crippen LogP contribution in [0.5, 0.6) is 11.5 Å². The molecule has 0 spiro atoms. The molecule has 25 heavy (non-hydrogen) atoms. The van der Waals surface area contributed by atoms with Crippen molar-refractivity contribution in [2.75, 3.05) is 25.1 Å². The lowest BCUT2D eigenvalue weighted by Crippen LogP contribution is -2.21. The fourth-order valence-corrected chi connectivity index (χ4v) is 2.65. The zero-order valence-electron chi connectivity index (χ0n) is 13.7. The van der Waals surface area contributed by atoms with Gasteiger partial charge < -0.3 is 19.5 Å². The lowest BCUT2D eigenvalue weighted by Gasteiger charge is -2.15. The van der Waals surface area contributed by atoms with E-state index >= 15 is 0 Å². The van der Waals surface area contributed by atoms with E-state index in [9.17, 15) is 4.79 Å². The summed E-state index contributed by atoms with van der Waals surface area (Å²) in [5, 5.41) is 3.43. The van der Waals surface area contributed by atoms with Gasteiger partial charge in [-0.1, -0.05) is 23.7 Å². The van der Waals surface area contributed by atoms with Crippen molar-refractivity contribution in [2.45, 2.75) is 18.9 Å². The average Bonchev–Trinajstić information content (AvgIpc) is 3.14. The lowest BCUT2D eigenvalue weighted by molar-refractivity contribution is -0.118. The van der Waals surface area contributed by atoms with Crippen LogP contribution in [-0.2, 0) is 9.53 Å². The van der Waals surface area contributed by atoms with E-state index in [4.69, 9.17) is 25.8 Å². The van der Waals surface area contributed by atoms with Crippen LogP contribution < -0.4 is 14.8 Å². The van der Waals surface area contributed by atoms with Crippen molar-refractivity contribution < 1.29 is 19.0 Å². The third kappa shape index (κ3) is 5.37. The van der Waals surface area contributed by atoms with Gasteiger partial charge in [-0.25, -0.2) is 0 Å². The van der Waals surface area contributed by atoms with Gasteiger partial charge in [0, 0.05) is 11.6 Å². The molecule has 1 amide bonds. The van der Waals surface area contributed by atoms with Crippen molar-refractivity contribution in [2.24, 2.45) is 0 Å². The average molecular weight is 362 g/mol. The van der Waals surface area contributed by atoms with E-state index < -0.39 is 0 Å². The Hall–Kier alpha value is -2.24. The van der Waals surface area contributed by atoms with Crippen molar-refractivity contribution in [1.29, 1.82) is 0 Å². The Morgan fingerprint density at radius 3 is 2.72 bits per heavy atom. The molecule has 1 fully saturated rings. The number of carbonyl (C=O) groups is 1. The number of hydrogen-bond acceptors (Lipinski definition) is 4. The summed E-state index contributed by atoms with van der Waals surface area (Å²) >= 11 is 5.82. The van der Waals surface area contributed by atoms with Gasteiger partial charge in [0.15, 0.2) is 6.61 Å². The van der Waals surface area contributed by atoms with Crippen molar-refractivity contribution in [3.8, 4) is 11.5 Å². The number of ether oxygens (including phenoxy) is 3. The van der Waals surface area contributed by atoms with Crippen LogP contribution in [0.3, 0.4) is 0 Å². The monoisotopic (exact) mass is 361 g/mol. The third-order valence-electron chi connectivity index (χ3n) is 3.79. The number of rotatable bonds is 7. The van der Waals surface area contributed by atoms with Gasteiger partial charge in [-0.05, 0) is 49.2 Å². The summed E-state index contributed by atoms with van der Waals surface area (Å²) < 4.78 is 16.8. The van der Waals surface area contributed by atoms with Gasteiger partial charge in [0.05, 0.1) is 11.8 Å². The molecule has 1 saturated heterocycles. The standard InChI is InChI=1S/C19H20ClNO4/c20-14-7-9-15(10-8-14)24-13-19(22)21-17-5-1-2-6-18(17)25-12-16-4-3-11-23-16/h1-2,5-10,16H,3-4,11-13H2,(H,21,22)/t16-/m1/s1. The highest BCUT2D eigenvalue weighted by Gasteiger charge is 2.17. The highest BCUT2D eigenvalue weighted by molar-refractivity contribution is 6.30. The summed E-state index contributed by atoms with van der Waals surface area (Å²) in [6, 6.07) is 14.2. The molecule has 6 heteroatoms. The molecule has 2 aromatic rings. The number of nitrogens with one attached hydrogen (secondary N) is 1. The largest absolute Gasteiger partial charge is 0.489 e.